The standard InChI is InChI=1S/C7H10N2OS/c1-7(2)3-4(7)5-8-6(11)10-9-5/h4H,3H2,1-2H3,(H,8,9,11). The molecule has 1 aliphatic rings. The van der Waals surface area contributed by atoms with Crippen LogP contribution in [0.5, 0.6) is 0 Å². The molecule has 0 spiro atoms. The van der Waals surface area contributed by atoms with E-state index in [1.807, 2.05) is 0 Å². The third-order valence-corrected chi connectivity index (χ3v) is 2.47. The number of hydrogen-bond donors (Lipinski definition) is 1. The van der Waals surface area contributed by atoms with Crippen LogP contribution < -0.4 is 0 Å². The van der Waals surface area contributed by atoms with Gasteiger partial charge in [-0.2, -0.15) is 4.98 Å². The predicted octanol–water partition coefficient (Wildman–Crippen LogP) is 2.25. The van der Waals surface area contributed by atoms with Crippen LogP contribution in [-0.2, 0) is 0 Å². The predicted molar refractivity (Wildman–Crippen MR) is 42.8 cm³/mol. The molecule has 0 amide bonds. The maximum atomic E-state index is 4.84. The molecule has 4 heteroatoms. The zero-order chi connectivity index (χ0) is 8.06. The summed E-state index contributed by atoms with van der Waals surface area (Å²) in [6.45, 7) is 4.42. The average Bonchev–Trinajstić information content (AvgIpc) is 2.39. The summed E-state index contributed by atoms with van der Waals surface area (Å²) in [6, 6.07) is 0. The van der Waals surface area contributed by atoms with Crippen LogP contribution in [0.15, 0.2) is 4.52 Å². The molecule has 1 atom stereocenters. The van der Waals surface area contributed by atoms with Gasteiger partial charge in [-0.15, -0.1) is 0 Å². The van der Waals surface area contributed by atoms with Gasteiger partial charge in [-0.1, -0.05) is 13.8 Å². The number of rotatable bonds is 1. The Kier molecular flexibility index (Phi) is 1.24. The normalized spacial score (nSPS) is 26.9. The topological polar surface area (TPSA) is 41.8 Å². The van der Waals surface area contributed by atoms with E-state index >= 15 is 0 Å². The summed E-state index contributed by atoms with van der Waals surface area (Å²) in [5, 5.41) is 2.73. The maximum Gasteiger partial charge on any atom is 0.314 e. The molecule has 1 N–H and O–H groups in total. The molecule has 1 unspecified atom stereocenters. The molecule has 60 valence electrons. The molecule has 3 nitrogen and oxygen atoms in total. The van der Waals surface area contributed by atoms with E-state index in [1.54, 1.807) is 0 Å². The molecule has 1 aromatic rings. The Bertz CT molecular complexity index is 325. The Hall–Kier alpha value is -0.640. The van der Waals surface area contributed by atoms with Crippen LogP contribution in [0.4, 0.5) is 0 Å². The molecule has 1 aromatic heterocycles. The van der Waals surface area contributed by atoms with E-state index in [0.717, 1.165) is 5.82 Å². The fourth-order valence-corrected chi connectivity index (χ4v) is 1.46. The summed E-state index contributed by atoms with van der Waals surface area (Å²) in [4.78, 5) is 4.37. The van der Waals surface area contributed by atoms with E-state index in [4.69, 9.17) is 16.7 Å². The first kappa shape index (κ1) is 7.03. The van der Waals surface area contributed by atoms with Crippen LogP contribution in [-0.4, -0.2) is 10.1 Å². The Labute approximate surface area is 69.8 Å². The SMILES string of the molecule is CC1(C)CC1c1nc(=S)o[nH]1. The summed E-state index contributed by atoms with van der Waals surface area (Å²) in [6.07, 6.45) is 1.17. The van der Waals surface area contributed by atoms with Gasteiger partial charge in [0.25, 0.3) is 0 Å². The number of nitrogens with zero attached hydrogens (tertiary/aromatic N) is 1. The van der Waals surface area contributed by atoms with Crippen LogP contribution in [0.25, 0.3) is 0 Å². The zero-order valence-corrected chi connectivity index (χ0v) is 7.36. The van der Waals surface area contributed by atoms with Crippen LogP contribution >= 0.6 is 12.2 Å². The van der Waals surface area contributed by atoms with E-state index < -0.39 is 0 Å². The zero-order valence-electron chi connectivity index (χ0n) is 6.55. The van der Waals surface area contributed by atoms with Crippen LogP contribution in [0, 0.1) is 10.3 Å². The molecular formula is C7H10N2OS. The first-order valence-corrected chi connectivity index (χ1v) is 4.06. The Balaban J connectivity index is 2.27. The summed E-state index contributed by atoms with van der Waals surface area (Å²) < 4.78 is 4.84. The minimum absolute atomic E-state index is 0.308. The van der Waals surface area contributed by atoms with Gasteiger partial charge >= 0.3 is 4.84 Å². The lowest BCUT2D eigenvalue weighted by Gasteiger charge is -1.96. The molecule has 1 saturated carbocycles. The first-order valence-electron chi connectivity index (χ1n) is 3.65. The lowest BCUT2D eigenvalue weighted by molar-refractivity contribution is 0.396. The summed E-state index contributed by atoms with van der Waals surface area (Å²) >= 11 is 4.75. The van der Waals surface area contributed by atoms with Crippen molar-refractivity contribution in [2.45, 2.75) is 26.2 Å². The number of nitrogens with one attached hydrogen (secondary N) is 1. The number of aromatic amines is 1. The highest BCUT2D eigenvalue weighted by atomic mass is 32.1. The molecule has 0 radical (unpaired) electrons. The van der Waals surface area contributed by atoms with Gasteiger partial charge in [0.1, 0.15) is 5.82 Å². The first-order chi connectivity index (χ1) is 5.09. The van der Waals surface area contributed by atoms with Crippen molar-refractivity contribution in [3.63, 3.8) is 0 Å². The Morgan fingerprint density at radius 3 is 2.73 bits per heavy atom. The third kappa shape index (κ3) is 1.11. The van der Waals surface area contributed by atoms with Gasteiger partial charge in [0.15, 0.2) is 0 Å². The molecule has 0 saturated heterocycles. The lowest BCUT2D eigenvalue weighted by atomic mass is 10.1. The minimum Gasteiger partial charge on any atom is -0.348 e. The molecule has 11 heavy (non-hydrogen) atoms. The van der Waals surface area contributed by atoms with Gasteiger partial charge in [0.2, 0.25) is 0 Å². The number of aromatic nitrogens is 2. The van der Waals surface area contributed by atoms with Gasteiger partial charge in [-0.3, -0.25) is 0 Å². The molecule has 0 aromatic carbocycles. The van der Waals surface area contributed by atoms with E-state index in [9.17, 15) is 0 Å². The second-order valence-electron chi connectivity index (χ2n) is 3.71. The molecule has 1 aliphatic carbocycles. The van der Waals surface area contributed by atoms with Crippen LogP contribution in [0.2, 0.25) is 0 Å². The van der Waals surface area contributed by atoms with Gasteiger partial charge < -0.3 is 4.52 Å². The fourth-order valence-electron chi connectivity index (χ4n) is 1.32. The van der Waals surface area contributed by atoms with Gasteiger partial charge in [-0.05, 0) is 24.1 Å². The molecule has 1 heterocycles. The van der Waals surface area contributed by atoms with Crippen LogP contribution in [0.1, 0.15) is 32.0 Å². The fraction of sp³-hybridized carbons (Fsp3) is 0.714. The average molecular weight is 170 g/mol. The van der Waals surface area contributed by atoms with E-state index in [-0.39, 0.29) is 0 Å². The summed E-state index contributed by atoms with van der Waals surface area (Å²) in [5.41, 5.74) is 0.384. The Morgan fingerprint density at radius 1 is 1.73 bits per heavy atom. The van der Waals surface area contributed by atoms with Crippen molar-refractivity contribution >= 4 is 12.2 Å². The molecule has 0 aliphatic heterocycles. The maximum absolute atomic E-state index is 4.84. The number of hydrogen-bond acceptors (Lipinski definition) is 3. The van der Waals surface area contributed by atoms with Crippen molar-refractivity contribution in [1.29, 1.82) is 0 Å². The van der Waals surface area contributed by atoms with Crippen molar-refractivity contribution < 1.29 is 4.52 Å². The lowest BCUT2D eigenvalue weighted by Crippen LogP contribution is -1.91. The molecule has 2 rings (SSSR count). The second kappa shape index (κ2) is 1.94. The van der Waals surface area contributed by atoms with Crippen molar-refractivity contribution in [1.82, 2.24) is 10.1 Å². The van der Waals surface area contributed by atoms with E-state index in [1.165, 1.54) is 6.42 Å². The molecule has 1 fully saturated rings. The monoisotopic (exact) mass is 170 g/mol. The van der Waals surface area contributed by atoms with Crippen molar-refractivity contribution in [3.8, 4) is 0 Å². The Morgan fingerprint density at radius 2 is 2.36 bits per heavy atom. The van der Waals surface area contributed by atoms with Crippen molar-refractivity contribution in [3.05, 3.63) is 10.7 Å². The minimum atomic E-state index is 0.308. The van der Waals surface area contributed by atoms with Crippen molar-refractivity contribution in [2.75, 3.05) is 0 Å². The third-order valence-electron chi connectivity index (χ3n) is 2.30. The largest absolute Gasteiger partial charge is 0.348 e. The second-order valence-corrected chi connectivity index (χ2v) is 4.06. The molecule has 0 bridgehead atoms. The van der Waals surface area contributed by atoms with Gasteiger partial charge in [0, 0.05) is 5.92 Å². The summed E-state index contributed by atoms with van der Waals surface area (Å²) in [7, 11) is 0. The number of H-pyrrole nitrogens is 1. The summed E-state index contributed by atoms with van der Waals surface area (Å²) in [5.74, 6) is 1.42. The van der Waals surface area contributed by atoms with Gasteiger partial charge in [-0.25, -0.2) is 5.16 Å². The van der Waals surface area contributed by atoms with Gasteiger partial charge in [0.05, 0.1) is 0 Å². The highest BCUT2D eigenvalue weighted by Gasteiger charge is 2.48. The van der Waals surface area contributed by atoms with E-state index in [2.05, 4.69) is 24.0 Å². The quantitative estimate of drug-likeness (QED) is 0.657. The van der Waals surface area contributed by atoms with E-state index in [0.29, 0.717) is 16.2 Å². The smallest absolute Gasteiger partial charge is 0.314 e. The van der Waals surface area contributed by atoms with Crippen molar-refractivity contribution in [2.24, 2.45) is 5.41 Å². The van der Waals surface area contributed by atoms with Crippen LogP contribution in [0.3, 0.4) is 0 Å². The highest BCUT2D eigenvalue weighted by Crippen LogP contribution is 2.57. The highest BCUT2D eigenvalue weighted by molar-refractivity contribution is 7.71. The molecular weight excluding hydrogens is 160 g/mol.